The lowest BCUT2D eigenvalue weighted by Crippen LogP contribution is -2.28. The maximum Gasteiger partial charge on any atom is 0.416 e. The topological polar surface area (TPSA) is 61.4 Å². The summed E-state index contributed by atoms with van der Waals surface area (Å²) >= 11 is 1.50. The van der Waals surface area contributed by atoms with Crippen molar-refractivity contribution in [3.63, 3.8) is 0 Å². The zero-order valence-corrected chi connectivity index (χ0v) is 19.3. The second kappa shape index (κ2) is 9.42. The van der Waals surface area contributed by atoms with E-state index in [1.54, 1.807) is 23.1 Å². The number of carbonyl (C=O) groups excluding carboxylic acids is 2. The Morgan fingerprint density at radius 3 is 2.35 bits per heavy atom. The number of hydrogen-bond donors (Lipinski definition) is 2. The van der Waals surface area contributed by atoms with Gasteiger partial charge in [-0.3, -0.25) is 9.69 Å². The van der Waals surface area contributed by atoms with Gasteiger partial charge in [-0.2, -0.15) is 13.2 Å². The number of halogens is 3. The first-order valence-corrected chi connectivity index (χ1v) is 11.5. The highest BCUT2D eigenvalue weighted by Gasteiger charge is 2.35. The molecule has 0 spiro atoms. The second-order valence-electron chi connectivity index (χ2n) is 8.00. The molecule has 3 amide bonds. The molecule has 34 heavy (non-hydrogen) atoms. The van der Waals surface area contributed by atoms with E-state index in [1.807, 2.05) is 38.1 Å². The minimum atomic E-state index is -4.50. The monoisotopic (exact) mass is 485 g/mol. The van der Waals surface area contributed by atoms with E-state index >= 15 is 0 Å². The van der Waals surface area contributed by atoms with E-state index < -0.39 is 17.8 Å². The molecular weight excluding hydrogens is 463 g/mol. The predicted molar refractivity (Wildman–Crippen MR) is 129 cm³/mol. The molecule has 1 saturated heterocycles. The third-order valence-corrected chi connectivity index (χ3v) is 6.58. The van der Waals surface area contributed by atoms with E-state index in [1.165, 1.54) is 23.9 Å². The van der Waals surface area contributed by atoms with E-state index in [9.17, 15) is 22.8 Å². The Hall–Kier alpha value is -3.46. The minimum Gasteiger partial charge on any atom is -0.308 e. The summed E-state index contributed by atoms with van der Waals surface area (Å²) in [6.45, 7) is 3.93. The molecule has 1 heterocycles. The molecule has 0 radical (unpaired) electrons. The number of thioether (sulfide) groups is 1. The largest absolute Gasteiger partial charge is 0.416 e. The molecule has 0 saturated carbocycles. The van der Waals surface area contributed by atoms with Gasteiger partial charge < -0.3 is 10.6 Å². The molecular formula is C25H22F3N3O2S. The van der Waals surface area contributed by atoms with Crippen LogP contribution in [0.5, 0.6) is 0 Å². The van der Waals surface area contributed by atoms with E-state index in [2.05, 4.69) is 10.6 Å². The van der Waals surface area contributed by atoms with Crippen molar-refractivity contribution in [2.45, 2.75) is 25.4 Å². The highest BCUT2D eigenvalue weighted by molar-refractivity contribution is 8.00. The first-order valence-electron chi connectivity index (χ1n) is 10.5. The number of nitrogens with zero attached hydrogens (tertiary/aromatic N) is 1. The predicted octanol–water partition coefficient (Wildman–Crippen LogP) is 6.74. The summed E-state index contributed by atoms with van der Waals surface area (Å²) in [5, 5.41) is 4.82. The molecule has 0 aliphatic carbocycles. The SMILES string of the molecule is Cc1ccc(C)c(N2C(=O)CSC2c2cccc(NC(=O)Nc3cccc(C(F)(F)F)c3)c2)c1. The van der Waals surface area contributed by atoms with Crippen LogP contribution in [0.1, 0.15) is 27.6 Å². The summed E-state index contributed by atoms with van der Waals surface area (Å²) in [5.41, 5.74) is 3.35. The normalized spacial score (nSPS) is 16.0. The number of rotatable bonds is 4. The molecule has 0 aromatic heterocycles. The van der Waals surface area contributed by atoms with E-state index in [0.29, 0.717) is 11.4 Å². The zero-order valence-electron chi connectivity index (χ0n) is 18.4. The van der Waals surface area contributed by atoms with Crippen molar-refractivity contribution in [1.29, 1.82) is 0 Å². The van der Waals surface area contributed by atoms with Gasteiger partial charge in [-0.05, 0) is 66.9 Å². The van der Waals surface area contributed by atoms with Gasteiger partial charge in [-0.25, -0.2) is 4.79 Å². The number of nitrogens with one attached hydrogen (secondary N) is 2. The van der Waals surface area contributed by atoms with Crippen LogP contribution in [0, 0.1) is 13.8 Å². The molecule has 0 bridgehead atoms. The molecule has 3 aromatic carbocycles. The molecule has 2 N–H and O–H groups in total. The summed E-state index contributed by atoms with van der Waals surface area (Å²) in [6.07, 6.45) is -4.50. The average Bonchev–Trinajstić information content (AvgIpc) is 3.16. The summed E-state index contributed by atoms with van der Waals surface area (Å²) in [6, 6.07) is 16.8. The highest BCUT2D eigenvalue weighted by Crippen LogP contribution is 2.43. The number of hydrogen-bond acceptors (Lipinski definition) is 3. The van der Waals surface area contributed by atoms with E-state index in [0.717, 1.165) is 34.5 Å². The average molecular weight is 486 g/mol. The first-order chi connectivity index (χ1) is 16.1. The van der Waals surface area contributed by atoms with Gasteiger partial charge in [0.25, 0.3) is 0 Å². The molecule has 4 rings (SSSR count). The van der Waals surface area contributed by atoms with Gasteiger partial charge in [-0.1, -0.05) is 30.3 Å². The van der Waals surface area contributed by atoms with Crippen LogP contribution in [0.15, 0.2) is 66.7 Å². The standard InChI is InChI=1S/C25H22F3N3O2S/c1-15-9-10-16(2)21(11-15)31-22(32)14-34-23(31)17-5-3-7-19(12-17)29-24(33)30-20-8-4-6-18(13-20)25(26,27)28/h3-13,23H,14H2,1-2H3,(H2,29,30,33). The molecule has 3 aromatic rings. The smallest absolute Gasteiger partial charge is 0.308 e. The number of urea groups is 1. The molecule has 9 heteroatoms. The van der Waals surface area contributed by atoms with Crippen molar-refractivity contribution in [3.8, 4) is 0 Å². The van der Waals surface area contributed by atoms with E-state index in [4.69, 9.17) is 0 Å². The van der Waals surface area contributed by atoms with Gasteiger partial charge in [0.05, 0.1) is 11.3 Å². The molecule has 1 aliphatic rings. The number of anilines is 3. The Balaban J connectivity index is 1.52. The first kappa shape index (κ1) is 23.7. The molecule has 1 fully saturated rings. The van der Waals surface area contributed by atoms with Gasteiger partial charge in [0.2, 0.25) is 5.91 Å². The summed E-state index contributed by atoms with van der Waals surface area (Å²) in [7, 11) is 0. The van der Waals surface area contributed by atoms with Gasteiger partial charge in [0.15, 0.2) is 0 Å². The number of benzene rings is 3. The van der Waals surface area contributed by atoms with Gasteiger partial charge in [-0.15, -0.1) is 11.8 Å². The summed E-state index contributed by atoms with van der Waals surface area (Å²) in [4.78, 5) is 26.9. The van der Waals surface area contributed by atoms with Crippen molar-refractivity contribution in [3.05, 3.63) is 89.0 Å². The molecule has 1 aliphatic heterocycles. The summed E-state index contributed by atoms with van der Waals surface area (Å²) < 4.78 is 38.7. The number of aryl methyl sites for hydroxylation is 2. The van der Waals surface area contributed by atoms with Crippen molar-refractivity contribution >= 4 is 40.8 Å². The maximum atomic E-state index is 12.9. The van der Waals surface area contributed by atoms with Crippen molar-refractivity contribution in [2.75, 3.05) is 21.3 Å². The van der Waals surface area contributed by atoms with Crippen LogP contribution in [-0.2, 0) is 11.0 Å². The highest BCUT2D eigenvalue weighted by atomic mass is 32.2. The van der Waals surface area contributed by atoms with E-state index in [-0.39, 0.29) is 17.0 Å². The fraction of sp³-hybridized carbons (Fsp3) is 0.200. The Morgan fingerprint density at radius 2 is 1.65 bits per heavy atom. The number of carbonyl (C=O) groups is 2. The molecule has 1 unspecified atom stereocenters. The quantitative estimate of drug-likeness (QED) is 0.430. The zero-order chi connectivity index (χ0) is 24.5. The van der Waals surface area contributed by atoms with Crippen LogP contribution < -0.4 is 15.5 Å². The lowest BCUT2D eigenvalue weighted by molar-refractivity contribution is -0.137. The van der Waals surface area contributed by atoms with Gasteiger partial charge >= 0.3 is 12.2 Å². The number of amides is 3. The lowest BCUT2D eigenvalue weighted by Gasteiger charge is -2.26. The van der Waals surface area contributed by atoms with Crippen molar-refractivity contribution in [1.82, 2.24) is 0 Å². The van der Waals surface area contributed by atoms with Crippen LogP contribution in [0.25, 0.3) is 0 Å². The molecule has 5 nitrogen and oxygen atoms in total. The van der Waals surface area contributed by atoms with Crippen LogP contribution >= 0.6 is 11.8 Å². The van der Waals surface area contributed by atoms with Gasteiger partial charge in [0, 0.05) is 17.1 Å². The minimum absolute atomic E-state index is 0.00403. The Labute approximate surface area is 199 Å². The fourth-order valence-corrected chi connectivity index (χ4v) is 4.91. The maximum absolute atomic E-state index is 12.9. The van der Waals surface area contributed by atoms with Crippen LogP contribution in [0.3, 0.4) is 0 Å². The molecule has 176 valence electrons. The van der Waals surface area contributed by atoms with Crippen molar-refractivity contribution < 1.29 is 22.8 Å². The third kappa shape index (κ3) is 5.20. The Bertz CT molecular complexity index is 1250. The number of alkyl halides is 3. The third-order valence-electron chi connectivity index (χ3n) is 5.37. The van der Waals surface area contributed by atoms with Crippen LogP contribution in [-0.4, -0.2) is 17.7 Å². The Kier molecular flexibility index (Phi) is 6.56. The van der Waals surface area contributed by atoms with Gasteiger partial charge in [0.1, 0.15) is 5.37 Å². The van der Waals surface area contributed by atoms with Crippen LogP contribution in [0.2, 0.25) is 0 Å². The molecule has 1 atom stereocenters. The van der Waals surface area contributed by atoms with Crippen molar-refractivity contribution in [2.24, 2.45) is 0 Å². The summed E-state index contributed by atoms with van der Waals surface area (Å²) in [5.74, 6) is 0.343. The lowest BCUT2D eigenvalue weighted by atomic mass is 10.1. The Morgan fingerprint density at radius 1 is 0.971 bits per heavy atom. The fourth-order valence-electron chi connectivity index (χ4n) is 3.75. The second-order valence-corrected chi connectivity index (χ2v) is 9.07. The van der Waals surface area contributed by atoms with Crippen LogP contribution in [0.4, 0.5) is 35.0 Å².